The lowest BCUT2D eigenvalue weighted by atomic mass is 10.0. The van der Waals surface area contributed by atoms with Gasteiger partial charge in [-0.3, -0.25) is 4.79 Å². The van der Waals surface area contributed by atoms with Crippen LogP contribution in [0.2, 0.25) is 0 Å². The maximum absolute atomic E-state index is 13.7. The molecule has 0 aliphatic heterocycles. The first-order valence-electron chi connectivity index (χ1n) is 29.5. The van der Waals surface area contributed by atoms with Crippen molar-refractivity contribution in [1.29, 1.82) is 0 Å². The number of unbranched alkanes of at least 4 members (excludes halogenated alkanes) is 10. The van der Waals surface area contributed by atoms with Crippen LogP contribution in [0, 0.1) is 0 Å². The molecule has 6 rings (SSSR count). The van der Waals surface area contributed by atoms with E-state index in [0.717, 1.165) is 97.6 Å². The summed E-state index contributed by atoms with van der Waals surface area (Å²) in [7, 11) is 0. The Bertz CT molecular complexity index is 2460. The van der Waals surface area contributed by atoms with Crippen molar-refractivity contribution in [2.24, 2.45) is 0 Å². The topological polar surface area (TPSA) is 122 Å². The van der Waals surface area contributed by atoms with E-state index in [9.17, 15) is 15.0 Å². The van der Waals surface area contributed by atoms with Crippen molar-refractivity contribution >= 4 is 5.97 Å². The molecule has 0 amide bonds. The number of aliphatic hydroxyl groups is 2. The van der Waals surface area contributed by atoms with Crippen molar-refractivity contribution in [1.82, 2.24) is 0 Å². The van der Waals surface area contributed by atoms with E-state index in [1.807, 2.05) is 194 Å². The largest absolute Gasteiger partial charge is 0.463 e. The minimum Gasteiger partial charge on any atom is -0.463 e. The van der Waals surface area contributed by atoms with Gasteiger partial charge in [-0.05, 0) is 52.6 Å². The number of hydrogen-bond donors (Lipinski definition) is 2. The predicted molar refractivity (Wildman–Crippen MR) is 318 cm³/mol. The van der Waals surface area contributed by atoms with Crippen LogP contribution in [0.1, 0.15) is 137 Å². The second-order valence-corrected chi connectivity index (χ2v) is 20.8. The molecular formula is C70H90O10. The van der Waals surface area contributed by atoms with Crippen LogP contribution >= 0.6 is 0 Å². The van der Waals surface area contributed by atoms with E-state index in [1.54, 1.807) is 0 Å². The first kappa shape index (κ1) is 63.4. The Morgan fingerprint density at radius 2 is 0.713 bits per heavy atom. The van der Waals surface area contributed by atoms with Gasteiger partial charge in [0.2, 0.25) is 0 Å². The number of carbonyl (C=O) groups excluding carboxylic acids is 1. The quantitative estimate of drug-likeness (QED) is 0.0217. The zero-order valence-corrected chi connectivity index (χ0v) is 47.4. The van der Waals surface area contributed by atoms with E-state index in [1.165, 1.54) is 25.7 Å². The molecular weight excluding hydrogens is 1000 g/mol. The summed E-state index contributed by atoms with van der Waals surface area (Å²) in [4.78, 5) is 13.7. The van der Waals surface area contributed by atoms with E-state index in [4.69, 9.17) is 33.2 Å². The Morgan fingerprint density at radius 3 is 1.09 bits per heavy atom. The van der Waals surface area contributed by atoms with Gasteiger partial charge in [-0.2, -0.15) is 0 Å². The first-order chi connectivity index (χ1) is 39.5. The minimum atomic E-state index is -0.817. The van der Waals surface area contributed by atoms with E-state index < -0.39 is 36.6 Å². The smallest absolute Gasteiger partial charge is 0.305 e. The standard InChI is InChI=1S/C70H90O10/c1-2-3-4-29-44-63(72)45-30-9-7-5-6-8-10-31-46-68(73)78-56-67(77-53-60-38-23-14-24-39-60)70(80-55-62-42-27-16-28-43-62)65(75-51-58-34-19-12-20-35-58)48-47-64(74-50-57-32-17-11-18-33-57)69(79-54-61-40-25-15-26-41-61)66(49-71)76-52-59-36-21-13-22-37-59/h11-28,32-43,47-48,63-67,69-72H,2-10,29-31,44-46,49-56H2,1H3/b48-47+/t63-,64-,65-,66+,67+,69+,70+/m1/s1. The Kier molecular flexibility index (Phi) is 31.4. The highest BCUT2D eigenvalue weighted by Gasteiger charge is 2.35. The lowest BCUT2D eigenvalue weighted by Gasteiger charge is -2.34. The van der Waals surface area contributed by atoms with Crippen LogP contribution in [-0.2, 0) is 77.6 Å². The summed E-state index contributed by atoms with van der Waals surface area (Å²) in [5.41, 5.74) is 5.74. The predicted octanol–water partition coefficient (Wildman–Crippen LogP) is 14.8. The van der Waals surface area contributed by atoms with Gasteiger partial charge in [0.05, 0.1) is 52.4 Å². The average molecular weight is 1090 g/mol. The Morgan fingerprint density at radius 1 is 0.400 bits per heavy atom. The van der Waals surface area contributed by atoms with Gasteiger partial charge in [-0.25, -0.2) is 0 Å². The molecule has 0 fully saturated rings. The first-order valence-corrected chi connectivity index (χ1v) is 29.5. The monoisotopic (exact) mass is 1090 g/mol. The summed E-state index contributed by atoms with van der Waals surface area (Å²) in [6, 6.07) is 59.6. The fourth-order valence-corrected chi connectivity index (χ4v) is 9.59. The van der Waals surface area contributed by atoms with Crippen molar-refractivity contribution in [2.45, 2.75) is 186 Å². The van der Waals surface area contributed by atoms with Crippen molar-refractivity contribution < 1.29 is 48.2 Å². The van der Waals surface area contributed by atoms with Gasteiger partial charge < -0.3 is 43.4 Å². The van der Waals surface area contributed by atoms with E-state index in [0.29, 0.717) is 6.42 Å². The molecule has 0 saturated heterocycles. The molecule has 0 radical (unpaired) electrons. The van der Waals surface area contributed by atoms with Gasteiger partial charge in [-0.15, -0.1) is 0 Å². The van der Waals surface area contributed by atoms with Crippen LogP contribution in [0.4, 0.5) is 0 Å². The van der Waals surface area contributed by atoms with Gasteiger partial charge in [0.1, 0.15) is 43.2 Å². The number of aliphatic hydroxyl groups excluding tert-OH is 2. The average Bonchev–Trinajstić information content (AvgIpc) is 3.50. The molecule has 6 aromatic carbocycles. The fourth-order valence-electron chi connectivity index (χ4n) is 9.59. The van der Waals surface area contributed by atoms with Gasteiger partial charge in [-0.1, -0.05) is 272 Å². The molecule has 6 aromatic rings. The number of ether oxygens (including phenoxy) is 7. The van der Waals surface area contributed by atoms with Crippen molar-refractivity contribution in [3.8, 4) is 0 Å². The summed E-state index contributed by atoms with van der Waals surface area (Å²) in [5.74, 6) is -0.288. The molecule has 80 heavy (non-hydrogen) atoms. The van der Waals surface area contributed by atoms with Crippen molar-refractivity contribution in [3.05, 3.63) is 228 Å². The van der Waals surface area contributed by atoms with Gasteiger partial charge in [0.15, 0.2) is 0 Å². The molecule has 7 atom stereocenters. The van der Waals surface area contributed by atoms with E-state index >= 15 is 0 Å². The molecule has 0 saturated carbocycles. The molecule has 10 nitrogen and oxygen atoms in total. The molecule has 0 spiro atoms. The van der Waals surface area contributed by atoms with Gasteiger partial charge in [0.25, 0.3) is 0 Å². The Balaban J connectivity index is 1.24. The molecule has 430 valence electrons. The van der Waals surface area contributed by atoms with Crippen LogP contribution < -0.4 is 0 Å². The van der Waals surface area contributed by atoms with E-state index in [2.05, 4.69) is 6.92 Å². The molecule has 2 N–H and O–H groups in total. The summed E-state index contributed by atoms with van der Waals surface area (Å²) >= 11 is 0. The Labute approximate surface area is 478 Å². The molecule has 0 aliphatic rings. The zero-order valence-electron chi connectivity index (χ0n) is 47.4. The SMILES string of the molecule is CCCCCC[C@@H](O)CCCCCCCCCCC(=O)OC[C@H](OCc1ccccc1)[C@@H](OCc1ccccc1)[C@@H](/C=C/[C@@H](OCc1ccccc1)[C@H](OCc1ccccc1)[C@H](CO)OCc1ccccc1)OCc1ccccc1. The summed E-state index contributed by atoms with van der Waals surface area (Å²) in [5, 5.41) is 21.5. The van der Waals surface area contributed by atoms with Crippen LogP contribution in [0.15, 0.2) is 194 Å². The summed E-state index contributed by atoms with van der Waals surface area (Å²) in [6.45, 7) is 3.22. The van der Waals surface area contributed by atoms with Crippen LogP contribution in [0.3, 0.4) is 0 Å². The van der Waals surface area contributed by atoms with Crippen molar-refractivity contribution in [2.75, 3.05) is 13.2 Å². The third kappa shape index (κ3) is 25.8. The maximum atomic E-state index is 13.7. The summed E-state index contributed by atoms with van der Waals surface area (Å²) < 4.78 is 47.2. The number of esters is 1. The second-order valence-electron chi connectivity index (χ2n) is 20.8. The maximum Gasteiger partial charge on any atom is 0.305 e. The molecule has 0 unspecified atom stereocenters. The highest BCUT2D eigenvalue weighted by molar-refractivity contribution is 5.69. The zero-order chi connectivity index (χ0) is 55.9. The van der Waals surface area contributed by atoms with Crippen LogP contribution in [0.25, 0.3) is 0 Å². The minimum absolute atomic E-state index is 0.0751. The lowest BCUT2D eigenvalue weighted by Crippen LogP contribution is -2.46. The number of carbonyl (C=O) groups is 1. The molecule has 10 heteroatoms. The second kappa shape index (κ2) is 39.6. The lowest BCUT2D eigenvalue weighted by molar-refractivity contribution is -0.169. The normalized spacial score (nSPS) is 14.3. The Hall–Kier alpha value is -5.79. The van der Waals surface area contributed by atoms with Gasteiger partial charge in [0, 0.05) is 6.42 Å². The van der Waals surface area contributed by atoms with Crippen LogP contribution in [-0.4, -0.2) is 72.1 Å². The van der Waals surface area contributed by atoms with Crippen molar-refractivity contribution in [3.63, 3.8) is 0 Å². The number of benzene rings is 6. The van der Waals surface area contributed by atoms with E-state index in [-0.39, 0.29) is 64.9 Å². The fraction of sp³-hybridized carbons (Fsp3) is 0.443. The third-order valence-corrected chi connectivity index (χ3v) is 14.3. The van der Waals surface area contributed by atoms with Gasteiger partial charge >= 0.3 is 5.97 Å². The molecule has 0 aliphatic carbocycles. The third-order valence-electron chi connectivity index (χ3n) is 14.3. The number of hydrogen-bond acceptors (Lipinski definition) is 10. The number of rotatable bonds is 43. The highest BCUT2D eigenvalue weighted by Crippen LogP contribution is 2.25. The highest BCUT2D eigenvalue weighted by atomic mass is 16.6. The summed E-state index contributed by atoms with van der Waals surface area (Å²) in [6.07, 6.45) is 14.3. The molecule has 0 bridgehead atoms. The molecule has 0 aromatic heterocycles. The van der Waals surface area contributed by atoms with Crippen LogP contribution in [0.5, 0.6) is 0 Å². The molecule has 0 heterocycles.